The molecule has 2 amide bonds. The van der Waals surface area contributed by atoms with Gasteiger partial charge in [-0.05, 0) is 80.5 Å². The summed E-state index contributed by atoms with van der Waals surface area (Å²) in [5.74, 6) is 0.659. The Balaban J connectivity index is 1.30. The summed E-state index contributed by atoms with van der Waals surface area (Å²) < 4.78 is 11.2. The summed E-state index contributed by atoms with van der Waals surface area (Å²) in [6.45, 7) is 2.41. The summed E-state index contributed by atoms with van der Waals surface area (Å²) >= 11 is 12.0. The molecule has 1 aromatic heterocycles. The molecule has 1 unspecified atom stereocenters. The van der Waals surface area contributed by atoms with E-state index in [-0.39, 0.29) is 17.6 Å². The zero-order valence-electron chi connectivity index (χ0n) is 22.4. The van der Waals surface area contributed by atoms with Crippen molar-refractivity contribution < 1.29 is 18.8 Å². The van der Waals surface area contributed by atoms with Crippen LogP contribution in [0.4, 0.5) is 4.79 Å². The van der Waals surface area contributed by atoms with Crippen molar-refractivity contribution in [2.75, 3.05) is 26.2 Å². The van der Waals surface area contributed by atoms with Gasteiger partial charge in [-0.3, -0.25) is 4.79 Å². The third-order valence-corrected chi connectivity index (χ3v) is 7.55. The van der Waals surface area contributed by atoms with Gasteiger partial charge in [0, 0.05) is 19.5 Å². The van der Waals surface area contributed by atoms with Gasteiger partial charge in [0.2, 0.25) is 17.5 Å². The molecule has 1 atom stereocenters. The molecule has 3 aromatic rings. The van der Waals surface area contributed by atoms with Crippen LogP contribution in [-0.2, 0) is 12.8 Å². The molecule has 1 saturated heterocycles. The number of unbranched alkanes of at least 4 members (excludes halogenated alkanes) is 1. The van der Waals surface area contributed by atoms with Gasteiger partial charge in [0.05, 0.1) is 29.1 Å². The van der Waals surface area contributed by atoms with E-state index >= 15 is 0 Å². The SMILES string of the molecule is NCCCCC(NC(=O)N1CCCCC1)C(=O)c1noc(Cc2ccc(OCCc3ccc(Cl)c(Cl)c3)cc2)n1. The lowest BCUT2D eigenvalue weighted by Crippen LogP contribution is -2.49. The van der Waals surface area contributed by atoms with Crippen molar-refractivity contribution >= 4 is 35.0 Å². The largest absolute Gasteiger partial charge is 0.493 e. The predicted octanol–water partition coefficient (Wildman–Crippen LogP) is 5.46. The first-order chi connectivity index (χ1) is 19.4. The Hall–Kier alpha value is -3.14. The van der Waals surface area contributed by atoms with Crippen LogP contribution in [0.2, 0.25) is 10.0 Å². The van der Waals surface area contributed by atoms with E-state index in [0.717, 1.165) is 42.6 Å². The molecule has 40 heavy (non-hydrogen) atoms. The number of carbonyl (C=O) groups excluding carboxylic acids is 2. The number of Topliss-reactive ketones (excluding diaryl/α,β-unsaturated/α-hetero) is 1. The molecule has 0 radical (unpaired) electrons. The standard InChI is InChI=1S/C29H35Cl2N5O4/c30-23-12-9-21(18-24(23)31)13-17-39-22-10-7-20(8-11-22)19-26-34-28(35-40-26)27(37)25(6-2-3-14-32)33-29(38)36-15-4-1-5-16-36/h7-12,18,25H,1-6,13-17,19,32H2,(H,33,38). The topological polar surface area (TPSA) is 124 Å². The molecule has 1 fully saturated rings. The number of ether oxygens (including phenoxy) is 1. The monoisotopic (exact) mass is 587 g/mol. The summed E-state index contributed by atoms with van der Waals surface area (Å²) in [5.41, 5.74) is 7.60. The Morgan fingerprint density at radius 3 is 2.50 bits per heavy atom. The fraction of sp³-hybridized carbons (Fsp3) is 0.448. The van der Waals surface area contributed by atoms with Crippen molar-refractivity contribution in [3.63, 3.8) is 0 Å². The molecule has 4 rings (SSSR count). The van der Waals surface area contributed by atoms with Gasteiger partial charge >= 0.3 is 6.03 Å². The van der Waals surface area contributed by atoms with Crippen LogP contribution in [0.3, 0.4) is 0 Å². The van der Waals surface area contributed by atoms with E-state index in [0.29, 0.717) is 67.9 Å². The number of hydrogen-bond acceptors (Lipinski definition) is 7. The van der Waals surface area contributed by atoms with Gasteiger partial charge in [-0.25, -0.2) is 4.79 Å². The first-order valence-corrected chi connectivity index (χ1v) is 14.5. The van der Waals surface area contributed by atoms with Crippen LogP contribution >= 0.6 is 23.2 Å². The molecule has 11 heteroatoms. The number of likely N-dealkylation sites (tertiary alicyclic amines) is 1. The van der Waals surface area contributed by atoms with E-state index < -0.39 is 6.04 Å². The number of ketones is 1. The zero-order valence-corrected chi connectivity index (χ0v) is 23.9. The normalized spacial score (nSPS) is 14.1. The van der Waals surface area contributed by atoms with E-state index in [2.05, 4.69) is 15.5 Å². The number of nitrogens with one attached hydrogen (secondary N) is 1. The lowest BCUT2D eigenvalue weighted by atomic mass is 10.0. The minimum Gasteiger partial charge on any atom is -0.493 e. The Labute approximate surface area is 244 Å². The minimum absolute atomic E-state index is 0.0334. The highest BCUT2D eigenvalue weighted by Crippen LogP contribution is 2.23. The van der Waals surface area contributed by atoms with Crippen molar-refractivity contribution in [2.24, 2.45) is 5.73 Å². The predicted molar refractivity (Wildman–Crippen MR) is 154 cm³/mol. The molecule has 0 saturated carbocycles. The number of nitrogens with zero attached hydrogens (tertiary/aromatic N) is 3. The van der Waals surface area contributed by atoms with Gasteiger partial charge in [0.15, 0.2) is 0 Å². The van der Waals surface area contributed by atoms with Crippen LogP contribution in [-0.4, -0.2) is 59.1 Å². The molecule has 3 N–H and O–H groups in total. The van der Waals surface area contributed by atoms with Crippen molar-refractivity contribution in [3.05, 3.63) is 75.4 Å². The maximum absolute atomic E-state index is 13.2. The highest BCUT2D eigenvalue weighted by Gasteiger charge is 2.28. The third-order valence-electron chi connectivity index (χ3n) is 6.82. The third kappa shape index (κ3) is 8.68. The smallest absolute Gasteiger partial charge is 0.317 e. The molecule has 0 aliphatic carbocycles. The number of urea groups is 1. The second-order valence-electron chi connectivity index (χ2n) is 9.88. The maximum Gasteiger partial charge on any atom is 0.317 e. The number of amides is 2. The van der Waals surface area contributed by atoms with E-state index in [9.17, 15) is 9.59 Å². The average Bonchev–Trinajstić information content (AvgIpc) is 3.44. The molecule has 2 aromatic carbocycles. The highest BCUT2D eigenvalue weighted by molar-refractivity contribution is 6.42. The van der Waals surface area contributed by atoms with Crippen LogP contribution in [0.1, 0.15) is 66.2 Å². The summed E-state index contributed by atoms with van der Waals surface area (Å²) in [6, 6.07) is 12.1. The number of nitrogens with two attached hydrogens (primary N) is 1. The van der Waals surface area contributed by atoms with Crippen LogP contribution in [0.5, 0.6) is 5.75 Å². The van der Waals surface area contributed by atoms with Gasteiger partial charge in [-0.2, -0.15) is 4.98 Å². The quantitative estimate of drug-likeness (QED) is 0.201. The van der Waals surface area contributed by atoms with Crippen molar-refractivity contribution in [1.82, 2.24) is 20.4 Å². The summed E-state index contributed by atoms with van der Waals surface area (Å²) in [4.78, 5) is 32.1. The number of aromatic nitrogens is 2. The lowest BCUT2D eigenvalue weighted by molar-refractivity contribution is 0.0918. The van der Waals surface area contributed by atoms with Gasteiger partial charge in [0.1, 0.15) is 5.75 Å². The molecule has 1 aliphatic rings. The zero-order chi connectivity index (χ0) is 28.3. The Morgan fingerprint density at radius 1 is 1.02 bits per heavy atom. The number of carbonyl (C=O) groups is 2. The average molecular weight is 589 g/mol. The van der Waals surface area contributed by atoms with Crippen molar-refractivity contribution in [1.29, 1.82) is 0 Å². The lowest BCUT2D eigenvalue weighted by Gasteiger charge is -2.28. The van der Waals surface area contributed by atoms with Crippen molar-refractivity contribution in [3.8, 4) is 5.75 Å². The summed E-state index contributed by atoms with van der Waals surface area (Å²) in [7, 11) is 0. The number of rotatable bonds is 13. The van der Waals surface area contributed by atoms with Crippen LogP contribution < -0.4 is 15.8 Å². The highest BCUT2D eigenvalue weighted by atomic mass is 35.5. The number of hydrogen-bond donors (Lipinski definition) is 2. The van der Waals surface area contributed by atoms with Crippen molar-refractivity contribution in [2.45, 2.75) is 57.4 Å². The molecular weight excluding hydrogens is 553 g/mol. The fourth-order valence-corrected chi connectivity index (χ4v) is 4.86. The van der Waals surface area contributed by atoms with Crippen LogP contribution in [0.25, 0.3) is 0 Å². The Bertz CT molecular complexity index is 1260. The number of piperidine rings is 1. The van der Waals surface area contributed by atoms with Gasteiger partial charge in [0.25, 0.3) is 0 Å². The molecule has 214 valence electrons. The molecule has 1 aliphatic heterocycles. The minimum atomic E-state index is -0.730. The molecule has 2 heterocycles. The number of halogens is 2. The van der Waals surface area contributed by atoms with E-state index in [1.807, 2.05) is 36.4 Å². The first-order valence-electron chi connectivity index (χ1n) is 13.7. The summed E-state index contributed by atoms with van der Waals surface area (Å²) in [5, 5.41) is 7.86. The second-order valence-corrected chi connectivity index (χ2v) is 10.7. The Morgan fingerprint density at radius 2 is 1.77 bits per heavy atom. The van der Waals surface area contributed by atoms with Gasteiger partial charge < -0.3 is 25.2 Å². The maximum atomic E-state index is 13.2. The Kier molecular flexibility index (Phi) is 11.2. The van der Waals surface area contributed by atoms with E-state index in [1.54, 1.807) is 11.0 Å². The molecule has 0 bridgehead atoms. The molecular formula is C29H35Cl2N5O4. The van der Waals surface area contributed by atoms with Gasteiger partial charge in [-0.15, -0.1) is 0 Å². The first kappa shape index (κ1) is 29.8. The summed E-state index contributed by atoms with van der Waals surface area (Å²) in [6.07, 6.45) is 6.05. The molecule has 9 nitrogen and oxygen atoms in total. The van der Waals surface area contributed by atoms with E-state index in [4.69, 9.17) is 38.2 Å². The second kappa shape index (κ2) is 15.0. The van der Waals surface area contributed by atoms with E-state index in [1.165, 1.54) is 0 Å². The van der Waals surface area contributed by atoms with Crippen LogP contribution in [0, 0.1) is 0 Å². The van der Waals surface area contributed by atoms with Gasteiger partial charge in [-0.1, -0.05) is 46.6 Å². The fourth-order valence-electron chi connectivity index (χ4n) is 4.54. The molecule has 0 spiro atoms. The number of benzene rings is 2. The van der Waals surface area contributed by atoms with Crippen LogP contribution in [0.15, 0.2) is 47.0 Å².